The summed E-state index contributed by atoms with van der Waals surface area (Å²) in [6.07, 6.45) is 0. The van der Waals surface area contributed by atoms with Gasteiger partial charge in [-0.15, -0.1) is 0 Å². The van der Waals surface area contributed by atoms with Crippen molar-refractivity contribution in [3.63, 3.8) is 0 Å². The second-order valence-corrected chi connectivity index (χ2v) is 8.20. The molecule has 5 rings (SSSR count). The highest BCUT2D eigenvalue weighted by atomic mass is 35.5. The molecule has 0 saturated carbocycles. The standard InChI is InChI=1S/C26H21ClN4O3/c1-16-22(25-29-24(30-34-25)18-7-4-3-5-8-18)23(17-11-13-19(27)14-12-17)28-26(32)31(16)20-9-6-10-21(15-20)33-2/h3-15,23H,1-2H3,(H,28,32). The SMILES string of the molecule is COc1cccc(N2C(=O)NC(c3ccc(Cl)cc3)C(c3nc(-c4ccccc4)no3)=C2C)c1. The van der Waals surface area contributed by atoms with E-state index in [4.69, 9.17) is 20.9 Å². The summed E-state index contributed by atoms with van der Waals surface area (Å²) in [6, 6.07) is 23.4. The molecule has 0 radical (unpaired) electrons. The molecule has 1 atom stereocenters. The smallest absolute Gasteiger partial charge is 0.327 e. The van der Waals surface area contributed by atoms with Crippen LogP contribution in [0.4, 0.5) is 10.5 Å². The van der Waals surface area contributed by atoms with Gasteiger partial charge in [0.25, 0.3) is 5.89 Å². The van der Waals surface area contributed by atoms with Gasteiger partial charge in [-0.1, -0.05) is 65.3 Å². The van der Waals surface area contributed by atoms with E-state index in [1.165, 1.54) is 0 Å². The van der Waals surface area contributed by atoms with Gasteiger partial charge in [-0.2, -0.15) is 4.98 Å². The average Bonchev–Trinajstić information content (AvgIpc) is 3.35. The Morgan fingerprint density at radius 2 is 1.79 bits per heavy atom. The molecule has 1 N–H and O–H groups in total. The lowest BCUT2D eigenvalue weighted by Gasteiger charge is -2.35. The van der Waals surface area contributed by atoms with Crippen LogP contribution in [0.25, 0.3) is 17.0 Å². The van der Waals surface area contributed by atoms with Crippen molar-refractivity contribution in [3.8, 4) is 17.1 Å². The molecule has 7 nitrogen and oxygen atoms in total. The van der Waals surface area contributed by atoms with Gasteiger partial charge in [0, 0.05) is 22.3 Å². The van der Waals surface area contributed by atoms with Gasteiger partial charge in [-0.3, -0.25) is 4.90 Å². The molecule has 4 aromatic rings. The zero-order chi connectivity index (χ0) is 23.7. The van der Waals surface area contributed by atoms with Crippen molar-refractivity contribution < 1.29 is 14.1 Å². The largest absolute Gasteiger partial charge is 0.497 e. The molecule has 1 aromatic heterocycles. The summed E-state index contributed by atoms with van der Waals surface area (Å²) in [5.41, 5.74) is 3.70. The number of allylic oxidation sites excluding steroid dienone is 1. The number of hydrogen-bond acceptors (Lipinski definition) is 5. The fourth-order valence-corrected chi connectivity index (χ4v) is 4.15. The Hall–Kier alpha value is -4.10. The summed E-state index contributed by atoms with van der Waals surface area (Å²) in [5, 5.41) is 7.88. The maximum atomic E-state index is 13.3. The molecule has 0 fully saturated rings. The normalized spacial score (nSPS) is 15.9. The van der Waals surface area contributed by atoms with Crippen LogP contribution >= 0.6 is 11.6 Å². The number of amides is 2. The Labute approximate surface area is 201 Å². The number of carbonyl (C=O) groups is 1. The number of nitrogens with one attached hydrogen (secondary N) is 1. The second kappa shape index (κ2) is 9.03. The fourth-order valence-electron chi connectivity index (χ4n) is 4.02. The number of methoxy groups -OCH3 is 1. The molecule has 1 unspecified atom stereocenters. The molecule has 0 aliphatic carbocycles. The maximum Gasteiger partial charge on any atom is 0.327 e. The fraction of sp³-hybridized carbons (Fsp3) is 0.115. The molecule has 1 aliphatic rings. The summed E-state index contributed by atoms with van der Waals surface area (Å²) < 4.78 is 11.1. The lowest BCUT2D eigenvalue weighted by molar-refractivity contribution is 0.244. The van der Waals surface area contributed by atoms with E-state index in [9.17, 15) is 4.79 Å². The molecule has 8 heteroatoms. The quantitative estimate of drug-likeness (QED) is 0.379. The summed E-state index contributed by atoms with van der Waals surface area (Å²) in [5.74, 6) is 1.43. The number of rotatable bonds is 5. The van der Waals surface area contributed by atoms with E-state index in [0.29, 0.717) is 39.4 Å². The topological polar surface area (TPSA) is 80.5 Å². The zero-order valence-electron chi connectivity index (χ0n) is 18.5. The first-order valence-corrected chi connectivity index (χ1v) is 11.0. The predicted octanol–water partition coefficient (Wildman–Crippen LogP) is 6.10. The minimum Gasteiger partial charge on any atom is -0.497 e. The molecule has 3 aromatic carbocycles. The first-order chi connectivity index (χ1) is 16.5. The van der Waals surface area contributed by atoms with E-state index in [2.05, 4.69) is 15.5 Å². The number of benzene rings is 3. The Morgan fingerprint density at radius 3 is 2.53 bits per heavy atom. The number of hydrogen-bond donors (Lipinski definition) is 1. The lowest BCUT2D eigenvalue weighted by Crippen LogP contribution is -2.46. The van der Waals surface area contributed by atoms with Gasteiger partial charge in [0.05, 0.1) is 24.4 Å². The van der Waals surface area contributed by atoms with Crippen LogP contribution in [0, 0.1) is 0 Å². The van der Waals surface area contributed by atoms with Crippen LogP contribution < -0.4 is 15.0 Å². The van der Waals surface area contributed by atoms with E-state index in [1.54, 1.807) is 30.2 Å². The van der Waals surface area contributed by atoms with Gasteiger partial charge in [0.2, 0.25) is 5.82 Å². The molecule has 1 aliphatic heterocycles. The highest BCUT2D eigenvalue weighted by Crippen LogP contribution is 2.39. The lowest BCUT2D eigenvalue weighted by atomic mass is 9.94. The van der Waals surface area contributed by atoms with Crippen LogP contribution in [0.3, 0.4) is 0 Å². The summed E-state index contributed by atoms with van der Waals surface area (Å²) in [6.45, 7) is 1.86. The van der Waals surface area contributed by atoms with Gasteiger partial charge < -0.3 is 14.6 Å². The molecule has 0 spiro atoms. The van der Waals surface area contributed by atoms with Crippen LogP contribution in [0.5, 0.6) is 5.75 Å². The number of ether oxygens (including phenoxy) is 1. The molecule has 0 bridgehead atoms. The zero-order valence-corrected chi connectivity index (χ0v) is 19.3. The van der Waals surface area contributed by atoms with Crippen molar-refractivity contribution in [2.24, 2.45) is 0 Å². The number of carbonyl (C=O) groups excluding carboxylic acids is 1. The first-order valence-electron chi connectivity index (χ1n) is 10.7. The number of anilines is 1. The van der Waals surface area contributed by atoms with Crippen molar-refractivity contribution in [2.75, 3.05) is 12.0 Å². The highest BCUT2D eigenvalue weighted by Gasteiger charge is 2.36. The third-order valence-electron chi connectivity index (χ3n) is 5.69. The van der Waals surface area contributed by atoms with Crippen LogP contribution in [-0.2, 0) is 0 Å². The van der Waals surface area contributed by atoms with E-state index in [-0.39, 0.29) is 6.03 Å². The van der Waals surface area contributed by atoms with Crippen molar-refractivity contribution in [2.45, 2.75) is 13.0 Å². The van der Waals surface area contributed by atoms with E-state index in [0.717, 1.165) is 11.1 Å². The molecule has 34 heavy (non-hydrogen) atoms. The number of halogens is 1. The third-order valence-corrected chi connectivity index (χ3v) is 5.94. The van der Waals surface area contributed by atoms with E-state index in [1.807, 2.05) is 67.6 Å². The first kappa shape index (κ1) is 21.7. The number of nitrogens with zero attached hydrogens (tertiary/aromatic N) is 3. The highest BCUT2D eigenvalue weighted by molar-refractivity contribution is 6.30. The maximum absolute atomic E-state index is 13.3. The minimum absolute atomic E-state index is 0.280. The van der Waals surface area contributed by atoms with Crippen LogP contribution in [0.2, 0.25) is 5.02 Å². The average molecular weight is 473 g/mol. The monoisotopic (exact) mass is 472 g/mol. The van der Waals surface area contributed by atoms with Crippen LogP contribution in [0.1, 0.15) is 24.4 Å². The molecule has 170 valence electrons. The number of urea groups is 1. The van der Waals surface area contributed by atoms with Gasteiger partial charge in [-0.05, 0) is 36.8 Å². The summed E-state index contributed by atoms with van der Waals surface area (Å²) >= 11 is 6.10. The predicted molar refractivity (Wildman–Crippen MR) is 131 cm³/mol. The van der Waals surface area contributed by atoms with Crippen molar-refractivity contribution >= 4 is 28.9 Å². The Balaban J connectivity index is 1.66. The summed E-state index contributed by atoms with van der Waals surface area (Å²) in [7, 11) is 1.59. The van der Waals surface area contributed by atoms with Crippen LogP contribution in [0.15, 0.2) is 89.1 Å². The van der Waals surface area contributed by atoms with Crippen molar-refractivity contribution in [3.05, 3.63) is 101 Å². The Bertz CT molecular complexity index is 1370. The van der Waals surface area contributed by atoms with Crippen molar-refractivity contribution in [1.82, 2.24) is 15.5 Å². The molecular formula is C26H21ClN4O3. The third kappa shape index (κ3) is 4.02. The Morgan fingerprint density at radius 1 is 1.03 bits per heavy atom. The van der Waals surface area contributed by atoms with Crippen LogP contribution in [-0.4, -0.2) is 23.3 Å². The molecule has 2 amide bonds. The van der Waals surface area contributed by atoms with Gasteiger partial charge in [0.1, 0.15) is 5.75 Å². The van der Waals surface area contributed by atoms with Gasteiger partial charge in [0.15, 0.2) is 0 Å². The summed E-state index contributed by atoms with van der Waals surface area (Å²) in [4.78, 5) is 19.6. The van der Waals surface area contributed by atoms with Gasteiger partial charge >= 0.3 is 6.03 Å². The van der Waals surface area contributed by atoms with E-state index < -0.39 is 6.04 Å². The minimum atomic E-state index is -0.504. The molecule has 2 heterocycles. The van der Waals surface area contributed by atoms with Crippen molar-refractivity contribution in [1.29, 1.82) is 0 Å². The number of aromatic nitrogens is 2. The second-order valence-electron chi connectivity index (χ2n) is 7.76. The molecular weight excluding hydrogens is 452 g/mol. The van der Waals surface area contributed by atoms with Gasteiger partial charge in [-0.25, -0.2) is 4.79 Å². The van der Waals surface area contributed by atoms with E-state index >= 15 is 0 Å². The Kier molecular flexibility index (Phi) is 5.77. The molecule has 0 saturated heterocycles.